The van der Waals surface area contributed by atoms with E-state index in [1.54, 1.807) is 27.0 Å². The summed E-state index contributed by atoms with van der Waals surface area (Å²) in [6, 6.07) is 10.3. The van der Waals surface area contributed by atoms with Crippen LogP contribution >= 0.6 is 23.1 Å². The van der Waals surface area contributed by atoms with Gasteiger partial charge < -0.3 is 4.90 Å². The number of nitrogens with zero attached hydrogens (tertiary/aromatic N) is 5. The van der Waals surface area contributed by atoms with Crippen molar-refractivity contribution in [3.05, 3.63) is 58.0 Å². The fraction of sp³-hybridized carbons (Fsp3) is 0.294. The van der Waals surface area contributed by atoms with Gasteiger partial charge in [-0.1, -0.05) is 30.0 Å². The van der Waals surface area contributed by atoms with E-state index in [1.807, 2.05) is 30.5 Å². The molecule has 2 heterocycles. The summed E-state index contributed by atoms with van der Waals surface area (Å²) in [5, 5.41) is 14.3. The highest BCUT2D eigenvalue weighted by Gasteiger charge is 2.16. The summed E-state index contributed by atoms with van der Waals surface area (Å²) in [5.74, 6) is -0.103. The Hall–Kier alpha value is -2.26. The molecular formula is C17H18FN5OS2. The molecule has 0 spiro atoms. The van der Waals surface area contributed by atoms with Gasteiger partial charge in [0, 0.05) is 18.0 Å². The summed E-state index contributed by atoms with van der Waals surface area (Å²) in [4.78, 5) is 15.4. The van der Waals surface area contributed by atoms with Crippen LogP contribution in [0.15, 0.2) is 46.9 Å². The van der Waals surface area contributed by atoms with Crippen LogP contribution in [0.25, 0.3) is 0 Å². The Bertz CT molecular complexity index is 852. The second-order valence-electron chi connectivity index (χ2n) is 5.52. The molecule has 0 aliphatic rings. The van der Waals surface area contributed by atoms with Crippen molar-refractivity contribution in [2.75, 3.05) is 12.3 Å². The molecule has 0 saturated heterocycles. The highest BCUT2D eigenvalue weighted by molar-refractivity contribution is 7.99. The zero-order chi connectivity index (χ0) is 18.4. The lowest BCUT2D eigenvalue weighted by Gasteiger charge is -2.20. The lowest BCUT2D eigenvalue weighted by Crippen LogP contribution is -2.31. The Labute approximate surface area is 159 Å². The number of hydrogen-bond acceptors (Lipinski definition) is 6. The van der Waals surface area contributed by atoms with Crippen LogP contribution in [-0.2, 0) is 17.9 Å². The number of carbonyl (C=O) groups excluding carboxylic acids is 1. The number of aromatic nitrogens is 4. The lowest BCUT2D eigenvalue weighted by molar-refractivity contribution is -0.128. The Balaban J connectivity index is 1.58. The zero-order valence-corrected chi connectivity index (χ0v) is 15.8. The number of rotatable bonds is 8. The molecule has 0 aliphatic carbocycles. The van der Waals surface area contributed by atoms with Gasteiger partial charge in [0.15, 0.2) is 0 Å². The molecule has 0 atom stereocenters. The van der Waals surface area contributed by atoms with E-state index in [0.717, 1.165) is 10.4 Å². The Morgan fingerprint density at radius 1 is 1.35 bits per heavy atom. The van der Waals surface area contributed by atoms with Gasteiger partial charge in [0.2, 0.25) is 11.1 Å². The molecule has 1 amide bonds. The minimum atomic E-state index is -0.298. The van der Waals surface area contributed by atoms with Crippen molar-refractivity contribution in [3.63, 3.8) is 0 Å². The first kappa shape index (κ1) is 18.5. The van der Waals surface area contributed by atoms with E-state index in [0.29, 0.717) is 24.8 Å². The van der Waals surface area contributed by atoms with Crippen LogP contribution in [0.3, 0.4) is 0 Å². The molecule has 3 aromatic rings. The van der Waals surface area contributed by atoms with Gasteiger partial charge in [0.05, 0.1) is 12.3 Å². The van der Waals surface area contributed by atoms with Crippen LogP contribution in [0.5, 0.6) is 0 Å². The molecule has 0 saturated carbocycles. The van der Waals surface area contributed by atoms with Gasteiger partial charge in [-0.05, 0) is 46.5 Å². The highest BCUT2D eigenvalue weighted by Crippen LogP contribution is 2.18. The van der Waals surface area contributed by atoms with Gasteiger partial charge in [-0.2, -0.15) is 0 Å². The Morgan fingerprint density at radius 3 is 2.96 bits per heavy atom. The third-order valence-electron chi connectivity index (χ3n) is 3.71. The molecule has 0 unspecified atom stereocenters. The topological polar surface area (TPSA) is 63.9 Å². The standard InChI is InChI=1S/C17H18FN5OS2/c1-2-22(10-13-5-3-6-14(18)9-13)16(24)12-26-17-19-20-21-23(17)11-15-7-4-8-25-15/h3-9H,2,10-12H2,1H3. The normalized spacial score (nSPS) is 10.8. The van der Waals surface area contributed by atoms with Crippen molar-refractivity contribution in [1.29, 1.82) is 0 Å². The van der Waals surface area contributed by atoms with Crippen LogP contribution < -0.4 is 0 Å². The fourth-order valence-electron chi connectivity index (χ4n) is 2.40. The predicted molar refractivity (Wildman–Crippen MR) is 99.5 cm³/mol. The number of amides is 1. The van der Waals surface area contributed by atoms with E-state index in [1.165, 1.54) is 23.9 Å². The quantitative estimate of drug-likeness (QED) is 0.552. The predicted octanol–water partition coefficient (Wildman–Crippen LogP) is 3.06. The number of thioether (sulfide) groups is 1. The van der Waals surface area contributed by atoms with Crippen LogP contribution in [0, 0.1) is 5.82 Å². The van der Waals surface area contributed by atoms with Crippen molar-refractivity contribution < 1.29 is 9.18 Å². The highest BCUT2D eigenvalue weighted by atomic mass is 32.2. The average Bonchev–Trinajstić information content (AvgIpc) is 3.30. The summed E-state index contributed by atoms with van der Waals surface area (Å²) in [6.45, 7) is 3.43. The lowest BCUT2D eigenvalue weighted by atomic mass is 10.2. The van der Waals surface area contributed by atoms with E-state index in [9.17, 15) is 9.18 Å². The number of thiophene rings is 1. The first-order valence-electron chi connectivity index (χ1n) is 8.09. The van der Waals surface area contributed by atoms with Gasteiger partial charge in [0.1, 0.15) is 5.82 Å². The summed E-state index contributed by atoms with van der Waals surface area (Å²) >= 11 is 2.94. The van der Waals surface area contributed by atoms with E-state index < -0.39 is 0 Å². The maximum absolute atomic E-state index is 13.3. The number of benzene rings is 1. The number of tetrazole rings is 1. The van der Waals surface area contributed by atoms with Crippen LogP contribution in [0.1, 0.15) is 17.4 Å². The summed E-state index contributed by atoms with van der Waals surface area (Å²) in [5.41, 5.74) is 0.771. The molecule has 0 bridgehead atoms. The third kappa shape index (κ3) is 4.89. The van der Waals surface area contributed by atoms with E-state index in [2.05, 4.69) is 15.5 Å². The molecule has 26 heavy (non-hydrogen) atoms. The minimum Gasteiger partial charge on any atom is -0.338 e. The molecule has 3 rings (SSSR count). The van der Waals surface area contributed by atoms with Crippen LogP contribution in [0.2, 0.25) is 0 Å². The summed E-state index contributed by atoms with van der Waals surface area (Å²) in [6.07, 6.45) is 0. The van der Waals surface area contributed by atoms with Gasteiger partial charge >= 0.3 is 0 Å². The molecule has 0 aliphatic heterocycles. The maximum Gasteiger partial charge on any atom is 0.233 e. The second-order valence-corrected chi connectivity index (χ2v) is 7.50. The molecule has 6 nitrogen and oxygen atoms in total. The van der Waals surface area contributed by atoms with Crippen molar-refractivity contribution in [1.82, 2.24) is 25.1 Å². The first-order chi connectivity index (χ1) is 12.7. The minimum absolute atomic E-state index is 0.0348. The smallest absolute Gasteiger partial charge is 0.233 e. The molecule has 2 aromatic heterocycles. The van der Waals surface area contributed by atoms with E-state index in [-0.39, 0.29) is 17.5 Å². The van der Waals surface area contributed by atoms with Gasteiger partial charge in [-0.3, -0.25) is 4.79 Å². The van der Waals surface area contributed by atoms with Crippen LogP contribution in [-0.4, -0.2) is 43.3 Å². The van der Waals surface area contributed by atoms with E-state index >= 15 is 0 Å². The molecule has 0 fully saturated rings. The molecule has 0 N–H and O–H groups in total. The number of carbonyl (C=O) groups is 1. The third-order valence-corrected chi connectivity index (χ3v) is 5.51. The van der Waals surface area contributed by atoms with Gasteiger partial charge in [-0.15, -0.1) is 16.4 Å². The maximum atomic E-state index is 13.3. The van der Waals surface area contributed by atoms with Crippen molar-refractivity contribution in [2.24, 2.45) is 0 Å². The van der Waals surface area contributed by atoms with Crippen LogP contribution in [0.4, 0.5) is 4.39 Å². The first-order valence-corrected chi connectivity index (χ1v) is 9.95. The number of halogens is 1. The number of hydrogen-bond donors (Lipinski definition) is 0. The van der Waals surface area contributed by atoms with Gasteiger partial charge in [0.25, 0.3) is 0 Å². The molecule has 1 aromatic carbocycles. The zero-order valence-electron chi connectivity index (χ0n) is 14.2. The fourth-order valence-corrected chi connectivity index (χ4v) is 3.86. The largest absolute Gasteiger partial charge is 0.338 e. The molecule has 0 radical (unpaired) electrons. The van der Waals surface area contributed by atoms with E-state index in [4.69, 9.17) is 0 Å². The Kier molecular flexibility index (Phi) is 6.35. The van der Waals surface area contributed by atoms with Crippen molar-refractivity contribution in [3.8, 4) is 0 Å². The molecular weight excluding hydrogens is 373 g/mol. The Morgan fingerprint density at radius 2 is 2.23 bits per heavy atom. The van der Waals surface area contributed by atoms with Gasteiger partial charge in [-0.25, -0.2) is 9.07 Å². The molecule has 9 heteroatoms. The van der Waals surface area contributed by atoms with Crippen molar-refractivity contribution >= 4 is 29.0 Å². The average molecular weight is 391 g/mol. The molecule has 136 valence electrons. The second kappa shape index (κ2) is 8.91. The monoisotopic (exact) mass is 391 g/mol. The van der Waals surface area contributed by atoms with Crippen molar-refractivity contribution in [2.45, 2.75) is 25.2 Å². The SMILES string of the molecule is CCN(Cc1cccc(F)c1)C(=O)CSc1nnnn1Cc1cccs1. The summed E-state index contributed by atoms with van der Waals surface area (Å²) in [7, 11) is 0. The summed E-state index contributed by atoms with van der Waals surface area (Å²) < 4.78 is 15.0.